The number of nitriles is 1. The maximum Gasteiger partial charge on any atom is 0.303 e. The molecule has 0 bridgehead atoms. The van der Waals surface area contributed by atoms with E-state index < -0.39 is 11.7 Å². The maximum atomic E-state index is 13.7. The number of hydrogen-bond donors (Lipinski definition) is 2. The molecule has 3 rings (SSSR count). The first kappa shape index (κ1) is 20.7. The van der Waals surface area contributed by atoms with Crippen molar-refractivity contribution in [3.05, 3.63) is 53.7 Å². The molecule has 152 valence electrons. The summed E-state index contributed by atoms with van der Waals surface area (Å²) in [6.07, 6.45) is 2.89. The van der Waals surface area contributed by atoms with Gasteiger partial charge in [0.2, 0.25) is 11.7 Å². The van der Waals surface area contributed by atoms with E-state index in [0.717, 1.165) is 6.92 Å². The molecular weight excluding hydrogens is 392 g/mol. The van der Waals surface area contributed by atoms with Crippen LogP contribution in [0.15, 0.2) is 36.7 Å². The topological polar surface area (TPSA) is 116 Å². The van der Waals surface area contributed by atoms with Gasteiger partial charge in [0.25, 0.3) is 0 Å². The Labute approximate surface area is 171 Å². The first-order valence-electron chi connectivity index (χ1n) is 8.81. The highest BCUT2D eigenvalue weighted by atomic mass is 19.3. The van der Waals surface area contributed by atoms with Gasteiger partial charge in [-0.05, 0) is 19.1 Å². The summed E-state index contributed by atoms with van der Waals surface area (Å²) < 4.78 is 27.5. The quantitative estimate of drug-likeness (QED) is 0.656. The fourth-order valence-corrected chi connectivity index (χ4v) is 2.60. The normalized spacial score (nSPS) is 10.9. The highest BCUT2D eigenvalue weighted by molar-refractivity contribution is 5.89. The van der Waals surface area contributed by atoms with E-state index in [0.29, 0.717) is 28.2 Å². The second-order valence-electron chi connectivity index (χ2n) is 6.57. The molecule has 0 radical (unpaired) electrons. The molecule has 30 heavy (non-hydrogen) atoms. The average molecular weight is 409 g/mol. The summed E-state index contributed by atoms with van der Waals surface area (Å²) in [6.45, 7) is 3.65. The van der Waals surface area contributed by atoms with Crippen LogP contribution in [0.25, 0.3) is 11.3 Å². The predicted octanol–water partition coefficient (Wildman–Crippen LogP) is 3.93. The summed E-state index contributed by atoms with van der Waals surface area (Å²) in [4.78, 5) is 27.5. The maximum absolute atomic E-state index is 13.7. The van der Waals surface area contributed by atoms with Crippen molar-refractivity contribution in [3.63, 3.8) is 0 Å². The van der Waals surface area contributed by atoms with Gasteiger partial charge in [0, 0.05) is 49.6 Å². The smallest absolute Gasteiger partial charge is 0.303 e. The molecular formula is C20H17F2N7O. The van der Waals surface area contributed by atoms with E-state index in [1.54, 1.807) is 19.1 Å². The van der Waals surface area contributed by atoms with Crippen LogP contribution >= 0.6 is 0 Å². The molecule has 0 atom stereocenters. The number of aromatic nitrogens is 4. The minimum Gasteiger partial charge on any atom is -0.339 e. The Kier molecular flexibility index (Phi) is 5.64. The zero-order chi connectivity index (χ0) is 21.9. The number of alkyl halides is 2. The molecule has 8 nitrogen and oxygen atoms in total. The van der Waals surface area contributed by atoms with Gasteiger partial charge in [-0.1, -0.05) is 0 Å². The first-order valence-corrected chi connectivity index (χ1v) is 8.81. The Morgan fingerprint density at radius 2 is 1.90 bits per heavy atom. The van der Waals surface area contributed by atoms with Crippen molar-refractivity contribution in [2.24, 2.45) is 0 Å². The van der Waals surface area contributed by atoms with Crippen LogP contribution in [0, 0.1) is 18.3 Å². The first-order chi connectivity index (χ1) is 14.2. The third-order valence-corrected chi connectivity index (χ3v) is 3.89. The third-order valence-electron chi connectivity index (χ3n) is 3.89. The molecule has 0 aliphatic carbocycles. The van der Waals surface area contributed by atoms with E-state index >= 15 is 0 Å². The fraction of sp³-hybridized carbons (Fsp3) is 0.200. The number of nitrogens with one attached hydrogen (secondary N) is 2. The Balaban J connectivity index is 2.08. The Hall–Kier alpha value is -4.00. The second-order valence-corrected chi connectivity index (χ2v) is 6.57. The summed E-state index contributed by atoms with van der Waals surface area (Å²) >= 11 is 0. The summed E-state index contributed by atoms with van der Waals surface area (Å²) in [5.74, 6) is -3.73. The number of amides is 1. The lowest BCUT2D eigenvalue weighted by atomic mass is 10.1. The number of carbonyl (C=O) groups is 1. The van der Waals surface area contributed by atoms with Crippen molar-refractivity contribution >= 4 is 23.2 Å². The lowest BCUT2D eigenvalue weighted by Gasteiger charge is -2.15. The van der Waals surface area contributed by atoms with Crippen molar-refractivity contribution in [1.82, 2.24) is 19.9 Å². The van der Waals surface area contributed by atoms with Crippen molar-refractivity contribution in [2.45, 2.75) is 26.7 Å². The molecule has 0 aromatic carbocycles. The number of hydrogen-bond acceptors (Lipinski definition) is 7. The summed E-state index contributed by atoms with van der Waals surface area (Å²) in [5, 5.41) is 14.5. The molecule has 0 aliphatic rings. The van der Waals surface area contributed by atoms with Crippen LogP contribution in [0.1, 0.15) is 30.9 Å². The fourth-order valence-electron chi connectivity index (χ4n) is 2.60. The van der Waals surface area contributed by atoms with Crippen LogP contribution < -0.4 is 10.6 Å². The van der Waals surface area contributed by atoms with Crippen molar-refractivity contribution in [3.8, 4) is 17.3 Å². The van der Waals surface area contributed by atoms with Gasteiger partial charge in [0.1, 0.15) is 17.7 Å². The van der Waals surface area contributed by atoms with E-state index in [2.05, 4.69) is 30.6 Å². The predicted molar refractivity (Wildman–Crippen MR) is 106 cm³/mol. The Morgan fingerprint density at radius 3 is 2.50 bits per heavy atom. The molecule has 0 unspecified atom stereocenters. The van der Waals surface area contributed by atoms with Gasteiger partial charge < -0.3 is 10.6 Å². The number of rotatable bonds is 5. The van der Waals surface area contributed by atoms with Gasteiger partial charge in [-0.25, -0.2) is 15.0 Å². The van der Waals surface area contributed by atoms with Crippen LogP contribution in [0.2, 0.25) is 0 Å². The molecule has 2 N–H and O–H groups in total. The number of pyridine rings is 2. The number of carbonyl (C=O) groups excluding carboxylic acids is 1. The van der Waals surface area contributed by atoms with E-state index in [1.807, 2.05) is 6.07 Å². The molecule has 3 heterocycles. The zero-order valence-electron chi connectivity index (χ0n) is 16.4. The number of nitrogens with zero attached hydrogens (tertiary/aromatic N) is 5. The van der Waals surface area contributed by atoms with Gasteiger partial charge in [-0.3, -0.25) is 9.78 Å². The molecule has 3 aromatic rings. The van der Waals surface area contributed by atoms with E-state index in [9.17, 15) is 13.6 Å². The number of halogens is 2. The lowest BCUT2D eigenvalue weighted by molar-refractivity contribution is -0.114. The highest BCUT2D eigenvalue weighted by Gasteiger charge is 2.29. The van der Waals surface area contributed by atoms with Gasteiger partial charge in [-0.15, -0.1) is 0 Å². The van der Waals surface area contributed by atoms with Crippen LogP contribution in [0.5, 0.6) is 0 Å². The third kappa shape index (κ3) is 4.88. The molecule has 0 saturated carbocycles. The largest absolute Gasteiger partial charge is 0.339 e. The van der Waals surface area contributed by atoms with Gasteiger partial charge in [0.05, 0.1) is 16.9 Å². The van der Waals surface area contributed by atoms with E-state index in [-0.39, 0.29) is 17.5 Å². The monoisotopic (exact) mass is 409 g/mol. The van der Waals surface area contributed by atoms with Crippen LogP contribution in [0.3, 0.4) is 0 Å². The summed E-state index contributed by atoms with van der Waals surface area (Å²) in [7, 11) is 0. The summed E-state index contributed by atoms with van der Waals surface area (Å²) in [6, 6.07) is 8.28. The molecule has 3 aromatic heterocycles. The SMILES string of the molecule is CC(=O)Nc1cc(Nc2cc(C)nc(C(C)(F)F)n2)c(-c2ccc(C#N)cn2)cn1. The molecule has 10 heteroatoms. The minimum atomic E-state index is -3.21. The van der Waals surface area contributed by atoms with Crippen molar-refractivity contribution in [2.75, 3.05) is 10.6 Å². The van der Waals surface area contributed by atoms with E-state index in [1.165, 1.54) is 31.5 Å². The van der Waals surface area contributed by atoms with Gasteiger partial charge >= 0.3 is 5.92 Å². The second kappa shape index (κ2) is 8.16. The molecule has 0 spiro atoms. The van der Waals surface area contributed by atoms with Crippen LogP contribution in [-0.2, 0) is 10.7 Å². The van der Waals surface area contributed by atoms with Crippen molar-refractivity contribution in [1.29, 1.82) is 5.26 Å². The summed E-state index contributed by atoms with van der Waals surface area (Å²) in [5.41, 5.74) is 2.19. The molecule has 0 fully saturated rings. The minimum absolute atomic E-state index is 0.147. The molecule has 1 amide bonds. The van der Waals surface area contributed by atoms with E-state index in [4.69, 9.17) is 5.26 Å². The molecule has 0 aliphatic heterocycles. The number of anilines is 3. The molecule has 0 saturated heterocycles. The lowest BCUT2D eigenvalue weighted by Crippen LogP contribution is -2.14. The number of aryl methyl sites for hydroxylation is 1. The highest BCUT2D eigenvalue weighted by Crippen LogP contribution is 2.31. The van der Waals surface area contributed by atoms with Crippen LogP contribution in [-0.4, -0.2) is 25.8 Å². The van der Waals surface area contributed by atoms with Crippen molar-refractivity contribution < 1.29 is 13.6 Å². The zero-order valence-corrected chi connectivity index (χ0v) is 16.4. The Bertz CT molecular complexity index is 1140. The standard InChI is InChI=1S/C20H17F2N7O/c1-11-6-18(29-19(26-11)20(3,21)22)28-16-7-17(27-12(2)30)25-10-14(16)15-5-4-13(8-23)9-24-15/h4-7,9-10H,1-3H3,(H2,25,26,27,28,29,30). The van der Waals surface area contributed by atoms with Gasteiger partial charge in [0.15, 0.2) is 0 Å². The van der Waals surface area contributed by atoms with Gasteiger partial charge in [-0.2, -0.15) is 14.0 Å². The average Bonchev–Trinajstić information content (AvgIpc) is 2.67. The Morgan fingerprint density at radius 1 is 1.13 bits per heavy atom. The van der Waals surface area contributed by atoms with Crippen LogP contribution in [0.4, 0.5) is 26.1 Å².